The van der Waals surface area contributed by atoms with Crippen molar-refractivity contribution >= 4 is 33.2 Å². The van der Waals surface area contributed by atoms with Crippen LogP contribution in [0.5, 0.6) is 0 Å². The standard InChI is InChI=1S/C23H18ClN3OS/c1-2-19-12-20-22(29-19)26-21(11-15-6-8-18(24)9-7-15)27(23(20)28)14-17-5-3-4-16(10-17)13-25/h3-10,12H,2,11,14H2,1H3. The van der Waals surface area contributed by atoms with Crippen LogP contribution >= 0.6 is 22.9 Å². The number of hydrogen-bond donors (Lipinski definition) is 0. The summed E-state index contributed by atoms with van der Waals surface area (Å²) >= 11 is 7.58. The molecule has 6 heteroatoms. The van der Waals surface area contributed by atoms with Crippen molar-refractivity contribution in [2.75, 3.05) is 0 Å². The fourth-order valence-corrected chi connectivity index (χ4v) is 4.39. The van der Waals surface area contributed by atoms with Gasteiger partial charge in [0.1, 0.15) is 10.7 Å². The Balaban J connectivity index is 1.84. The Morgan fingerprint density at radius 1 is 1.14 bits per heavy atom. The lowest BCUT2D eigenvalue weighted by atomic mass is 10.1. The van der Waals surface area contributed by atoms with Crippen LogP contribution in [0.1, 0.15) is 34.3 Å². The van der Waals surface area contributed by atoms with Gasteiger partial charge in [-0.05, 0) is 47.9 Å². The predicted octanol–water partition coefficient (Wildman–Crippen LogP) is 5.18. The molecular weight excluding hydrogens is 402 g/mol. The number of thiophene rings is 1. The molecule has 2 aromatic heterocycles. The zero-order valence-corrected chi connectivity index (χ0v) is 17.4. The SMILES string of the molecule is CCc1cc2c(=O)n(Cc3cccc(C#N)c3)c(Cc3ccc(Cl)cc3)nc2s1. The van der Waals surface area contributed by atoms with E-state index in [0.717, 1.165) is 27.3 Å². The van der Waals surface area contributed by atoms with Crippen molar-refractivity contribution in [3.63, 3.8) is 0 Å². The molecule has 4 nitrogen and oxygen atoms in total. The van der Waals surface area contributed by atoms with Crippen LogP contribution < -0.4 is 5.56 Å². The van der Waals surface area contributed by atoms with E-state index < -0.39 is 0 Å². The van der Waals surface area contributed by atoms with E-state index in [1.165, 1.54) is 0 Å². The molecule has 0 saturated heterocycles. The van der Waals surface area contributed by atoms with Gasteiger partial charge in [0.15, 0.2) is 0 Å². The molecule has 4 rings (SSSR count). The summed E-state index contributed by atoms with van der Waals surface area (Å²) < 4.78 is 1.72. The first-order valence-electron chi connectivity index (χ1n) is 9.33. The van der Waals surface area contributed by atoms with E-state index in [0.29, 0.717) is 34.8 Å². The van der Waals surface area contributed by atoms with Crippen molar-refractivity contribution in [2.24, 2.45) is 0 Å². The molecule has 2 heterocycles. The first kappa shape index (κ1) is 19.4. The van der Waals surface area contributed by atoms with Gasteiger partial charge in [-0.15, -0.1) is 11.3 Å². The van der Waals surface area contributed by atoms with Crippen LogP contribution in [0.3, 0.4) is 0 Å². The minimum Gasteiger partial charge on any atom is -0.291 e. The van der Waals surface area contributed by atoms with Gasteiger partial charge in [-0.2, -0.15) is 5.26 Å². The Hall–Kier alpha value is -2.94. The van der Waals surface area contributed by atoms with Gasteiger partial charge in [0.25, 0.3) is 5.56 Å². The van der Waals surface area contributed by atoms with Crippen LogP contribution in [0.15, 0.2) is 59.4 Å². The van der Waals surface area contributed by atoms with Crippen molar-refractivity contribution in [1.82, 2.24) is 9.55 Å². The van der Waals surface area contributed by atoms with Crippen LogP contribution in [0.25, 0.3) is 10.2 Å². The minimum atomic E-state index is -0.0442. The minimum absolute atomic E-state index is 0.0442. The highest BCUT2D eigenvalue weighted by molar-refractivity contribution is 7.18. The summed E-state index contributed by atoms with van der Waals surface area (Å²) in [4.78, 5) is 20.1. The largest absolute Gasteiger partial charge is 0.291 e. The number of aryl methyl sites for hydroxylation is 1. The average molecular weight is 420 g/mol. The maximum Gasteiger partial charge on any atom is 0.262 e. The second-order valence-electron chi connectivity index (χ2n) is 6.82. The number of nitriles is 1. The molecule has 29 heavy (non-hydrogen) atoms. The summed E-state index contributed by atoms with van der Waals surface area (Å²) in [5.74, 6) is 0.705. The molecule has 0 bridgehead atoms. The number of halogens is 1. The van der Waals surface area contributed by atoms with Gasteiger partial charge in [-0.1, -0.05) is 42.8 Å². The predicted molar refractivity (Wildman–Crippen MR) is 118 cm³/mol. The topological polar surface area (TPSA) is 58.7 Å². The first-order valence-corrected chi connectivity index (χ1v) is 10.5. The molecule has 4 aromatic rings. The number of aromatic nitrogens is 2. The Morgan fingerprint density at radius 3 is 2.66 bits per heavy atom. The van der Waals surface area contributed by atoms with E-state index in [9.17, 15) is 10.1 Å². The summed E-state index contributed by atoms with van der Waals surface area (Å²) in [6.45, 7) is 2.45. The Labute approximate surface area is 177 Å². The first-order chi connectivity index (χ1) is 14.1. The molecule has 0 spiro atoms. The van der Waals surface area contributed by atoms with Crippen LogP contribution in [-0.4, -0.2) is 9.55 Å². The van der Waals surface area contributed by atoms with Gasteiger partial charge in [0.05, 0.1) is 23.6 Å². The van der Waals surface area contributed by atoms with E-state index >= 15 is 0 Å². The van der Waals surface area contributed by atoms with Crippen LogP contribution in [0, 0.1) is 11.3 Å². The van der Waals surface area contributed by atoms with Crippen LogP contribution in [-0.2, 0) is 19.4 Å². The van der Waals surface area contributed by atoms with E-state index in [1.54, 1.807) is 22.0 Å². The molecule has 0 saturated carbocycles. The molecule has 0 amide bonds. The molecule has 0 aliphatic heterocycles. The third-order valence-corrected chi connectivity index (χ3v) is 6.23. The van der Waals surface area contributed by atoms with Crippen molar-refractivity contribution in [3.05, 3.63) is 97.4 Å². The van der Waals surface area contributed by atoms with Crippen molar-refractivity contribution in [3.8, 4) is 6.07 Å². The molecule has 0 aliphatic rings. The fraction of sp³-hybridized carbons (Fsp3) is 0.174. The van der Waals surface area contributed by atoms with Crippen LogP contribution in [0.4, 0.5) is 0 Å². The van der Waals surface area contributed by atoms with Gasteiger partial charge >= 0.3 is 0 Å². The second kappa shape index (κ2) is 8.20. The van der Waals surface area contributed by atoms with Gasteiger partial charge < -0.3 is 0 Å². The fourth-order valence-electron chi connectivity index (χ4n) is 3.29. The van der Waals surface area contributed by atoms with Gasteiger partial charge in [-0.25, -0.2) is 4.98 Å². The van der Waals surface area contributed by atoms with Crippen molar-refractivity contribution in [1.29, 1.82) is 5.26 Å². The highest BCUT2D eigenvalue weighted by Gasteiger charge is 2.15. The number of hydrogen-bond acceptors (Lipinski definition) is 4. The number of benzene rings is 2. The lowest BCUT2D eigenvalue weighted by molar-refractivity contribution is 0.694. The number of fused-ring (bicyclic) bond motifs is 1. The molecule has 144 valence electrons. The Morgan fingerprint density at radius 2 is 1.93 bits per heavy atom. The summed E-state index contributed by atoms with van der Waals surface area (Å²) in [7, 11) is 0. The molecular formula is C23H18ClN3OS. The molecule has 0 N–H and O–H groups in total. The van der Waals surface area contributed by atoms with Crippen molar-refractivity contribution in [2.45, 2.75) is 26.3 Å². The molecule has 0 atom stereocenters. The number of nitrogens with zero attached hydrogens (tertiary/aromatic N) is 3. The monoisotopic (exact) mass is 419 g/mol. The van der Waals surface area contributed by atoms with E-state index in [-0.39, 0.29) is 5.56 Å². The summed E-state index contributed by atoms with van der Waals surface area (Å²) in [5.41, 5.74) is 2.47. The lowest BCUT2D eigenvalue weighted by Crippen LogP contribution is -2.25. The molecule has 0 aliphatic carbocycles. The highest BCUT2D eigenvalue weighted by Crippen LogP contribution is 2.23. The molecule has 0 unspecified atom stereocenters. The Bertz CT molecular complexity index is 1280. The lowest BCUT2D eigenvalue weighted by Gasteiger charge is -2.13. The molecule has 2 aromatic carbocycles. The van der Waals surface area contributed by atoms with Gasteiger partial charge in [-0.3, -0.25) is 9.36 Å². The van der Waals surface area contributed by atoms with E-state index in [2.05, 4.69) is 13.0 Å². The smallest absolute Gasteiger partial charge is 0.262 e. The quantitative estimate of drug-likeness (QED) is 0.447. The maximum absolute atomic E-state index is 13.3. The maximum atomic E-state index is 13.3. The van der Waals surface area contributed by atoms with Crippen LogP contribution in [0.2, 0.25) is 5.02 Å². The summed E-state index contributed by atoms with van der Waals surface area (Å²) in [6.07, 6.45) is 1.40. The highest BCUT2D eigenvalue weighted by atomic mass is 35.5. The van der Waals surface area contributed by atoms with E-state index in [4.69, 9.17) is 16.6 Å². The average Bonchev–Trinajstić information content (AvgIpc) is 3.16. The number of rotatable bonds is 5. The Kier molecular flexibility index (Phi) is 5.48. The molecule has 0 radical (unpaired) electrons. The van der Waals surface area contributed by atoms with E-state index in [1.807, 2.05) is 48.5 Å². The zero-order chi connectivity index (χ0) is 20.4. The third kappa shape index (κ3) is 4.09. The van der Waals surface area contributed by atoms with Gasteiger partial charge in [0.2, 0.25) is 0 Å². The summed E-state index contributed by atoms with van der Waals surface area (Å²) in [5, 5.41) is 10.5. The van der Waals surface area contributed by atoms with Gasteiger partial charge in [0, 0.05) is 16.3 Å². The van der Waals surface area contributed by atoms with Crippen molar-refractivity contribution < 1.29 is 0 Å². The molecule has 0 fully saturated rings. The summed E-state index contributed by atoms with van der Waals surface area (Å²) in [6, 6.07) is 19.0. The second-order valence-corrected chi connectivity index (χ2v) is 8.37. The zero-order valence-electron chi connectivity index (χ0n) is 15.9. The normalized spacial score (nSPS) is 10.9. The third-order valence-electron chi connectivity index (χ3n) is 4.80.